The number of carboxylic acid groups (broad SMARTS) is 1. The van der Waals surface area contributed by atoms with Crippen molar-refractivity contribution < 1.29 is 38.7 Å². The first kappa shape index (κ1) is 62.9. The maximum atomic E-state index is 14.4. The monoisotopic (exact) mass is 1020 g/mol. The lowest BCUT2D eigenvalue weighted by molar-refractivity contribution is -0.138. The molecule has 0 radical (unpaired) electrons. The molecule has 0 fully saturated rings. The van der Waals surface area contributed by atoms with E-state index in [1.165, 1.54) is 0 Å². The lowest BCUT2D eigenvalue weighted by Crippen LogP contribution is -2.48. The van der Waals surface area contributed by atoms with Crippen LogP contribution in [0, 0.1) is 17.8 Å². The SMILES string of the molecule is NC(=O)[C@H](CCCN=C(N)N)CC(=O)C(CCCN=C(N)N)NC(=O)[C@H](CCCN=C(N)N)CC(=O)C(CCCN=C(N)N)NC(=O)[C@H](CCCN=C(N)N)CC(=O)C(N)CSSCC(N)C(=O)O. The van der Waals surface area contributed by atoms with Gasteiger partial charge >= 0.3 is 5.97 Å². The van der Waals surface area contributed by atoms with E-state index < -0.39 is 89.4 Å². The number of amides is 3. The molecular formula is C39H76N20O8S2. The number of hydrogen-bond acceptors (Lipinski definition) is 16. The average molecular weight is 1020 g/mol. The van der Waals surface area contributed by atoms with Crippen LogP contribution in [0.5, 0.6) is 0 Å². The van der Waals surface area contributed by atoms with E-state index in [0.29, 0.717) is 6.42 Å². The molecule has 0 aromatic carbocycles. The summed E-state index contributed by atoms with van der Waals surface area (Å²) in [5.41, 5.74) is 72.1. The minimum atomic E-state index is -1.22. The fourth-order valence-electron chi connectivity index (χ4n) is 6.42. The van der Waals surface area contributed by atoms with Crippen LogP contribution in [0.25, 0.3) is 0 Å². The molecule has 69 heavy (non-hydrogen) atoms. The summed E-state index contributed by atoms with van der Waals surface area (Å²) in [5.74, 6) is -8.64. The summed E-state index contributed by atoms with van der Waals surface area (Å²) in [6, 6.07) is -4.54. The van der Waals surface area contributed by atoms with E-state index in [9.17, 15) is 33.6 Å². The zero-order valence-corrected chi connectivity index (χ0v) is 40.7. The van der Waals surface area contributed by atoms with Gasteiger partial charge in [0.15, 0.2) is 47.1 Å². The smallest absolute Gasteiger partial charge is 0.321 e. The van der Waals surface area contributed by atoms with E-state index in [4.69, 9.17) is 79.6 Å². The summed E-state index contributed by atoms with van der Waals surface area (Å²) < 4.78 is 0. The number of hydrogen-bond donors (Lipinski definition) is 16. The summed E-state index contributed by atoms with van der Waals surface area (Å²) in [6.07, 6.45) is 0.529. The highest BCUT2D eigenvalue weighted by molar-refractivity contribution is 8.76. The van der Waals surface area contributed by atoms with Crippen LogP contribution in [0.2, 0.25) is 0 Å². The Morgan fingerprint density at radius 3 is 1.03 bits per heavy atom. The van der Waals surface area contributed by atoms with Crippen molar-refractivity contribution in [1.29, 1.82) is 0 Å². The molecule has 0 aliphatic carbocycles. The largest absolute Gasteiger partial charge is 0.480 e. The molecule has 0 aliphatic rings. The normalized spacial score (nSPS) is 13.9. The van der Waals surface area contributed by atoms with Crippen LogP contribution in [0.4, 0.5) is 0 Å². The van der Waals surface area contributed by atoms with Gasteiger partial charge < -0.3 is 90.3 Å². The van der Waals surface area contributed by atoms with Crippen LogP contribution < -0.4 is 85.2 Å². The topological polar surface area (TPSA) is 564 Å². The number of nitrogens with one attached hydrogen (secondary N) is 2. The minimum absolute atomic E-state index is 0.00775. The van der Waals surface area contributed by atoms with Gasteiger partial charge in [-0.25, -0.2) is 0 Å². The molecule has 0 spiro atoms. The van der Waals surface area contributed by atoms with Crippen molar-refractivity contribution in [3.05, 3.63) is 0 Å². The summed E-state index contributed by atoms with van der Waals surface area (Å²) in [6.45, 7) is 0.586. The fraction of sp³-hybridized carbons (Fsp3) is 0.692. The quantitative estimate of drug-likeness (QED) is 0.0118. The Morgan fingerprint density at radius 2 is 0.710 bits per heavy atom. The predicted octanol–water partition coefficient (Wildman–Crippen LogP) is -5.44. The van der Waals surface area contributed by atoms with E-state index in [0.717, 1.165) is 21.6 Å². The zero-order chi connectivity index (χ0) is 52.5. The summed E-state index contributed by atoms with van der Waals surface area (Å²) in [7, 11) is 2.28. The average Bonchev–Trinajstić information content (AvgIpc) is 3.26. The van der Waals surface area contributed by atoms with Crippen molar-refractivity contribution in [2.24, 2.45) is 117 Å². The minimum Gasteiger partial charge on any atom is -0.480 e. The van der Waals surface area contributed by atoms with Gasteiger partial charge in [-0.05, 0) is 64.2 Å². The Bertz CT molecular complexity index is 1800. The van der Waals surface area contributed by atoms with Gasteiger partial charge in [-0.3, -0.25) is 58.5 Å². The molecule has 0 heterocycles. The van der Waals surface area contributed by atoms with Gasteiger partial charge in [-0.2, -0.15) is 0 Å². The molecule has 3 amide bonds. The molecule has 4 unspecified atom stereocenters. The lowest BCUT2D eigenvalue weighted by Gasteiger charge is -2.26. The second kappa shape index (κ2) is 35.9. The van der Waals surface area contributed by atoms with Gasteiger partial charge in [-0.15, -0.1) is 0 Å². The molecule has 0 saturated carbocycles. The third-order valence-corrected chi connectivity index (χ3v) is 12.6. The van der Waals surface area contributed by atoms with Crippen molar-refractivity contribution in [2.75, 3.05) is 44.2 Å². The molecular weight excluding hydrogens is 941 g/mol. The van der Waals surface area contributed by atoms with Crippen molar-refractivity contribution in [3.63, 3.8) is 0 Å². The van der Waals surface area contributed by atoms with Gasteiger partial charge in [0, 0.05) is 81.2 Å². The van der Waals surface area contributed by atoms with Crippen LogP contribution >= 0.6 is 21.6 Å². The van der Waals surface area contributed by atoms with Crippen molar-refractivity contribution in [2.45, 2.75) is 108 Å². The highest BCUT2D eigenvalue weighted by Gasteiger charge is 2.33. The molecule has 0 aliphatic heterocycles. The fourth-order valence-corrected chi connectivity index (χ4v) is 8.69. The second-order valence-electron chi connectivity index (χ2n) is 16.0. The van der Waals surface area contributed by atoms with Gasteiger partial charge in [0.05, 0.1) is 18.1 Å². The molecule has 30 heteroatoms. The molecule has 7 atom stereocenters. The maximum absolute atomic E-state index is 14.4. The molecule has 0 saturated heterocycles. The number of carboxylic acids is 1. The summed E-state index contributed by atoms with van der Waals surface area (Å²) >= 11 is 0. The third kappa shape index (κ3) is 31.5. The Labute approximate surface area is 409 Å². The molecule has 0 aromatic rings. The summed E-state index contributed by atoms with van der Waals surface area (Å²) in [4.78, 5) is 113. The van der Waals surface area contributed by atoms with Crippen molar-refractivity contribution in [1.82, 2.24) is 10.6 Å². The van der Waals surface area contributed by atoms with E-state index in [1.807, 2.05) is 0 Å². The van der Waals surface area contributed by atoms with Crippen LogP contribution in [-0.2, 0) is 33.6 Å². The van der Waals surface area contributed by atoms with Gasteiger partial charge in [0.25, 0.3) is 0 Å². The van der Waals surface area contributed by atoms with E-state index >= 15 is 0 Å². The van der Waals surface area contributed by atoms with Gasteiger partial charge in [-0.1, -0.05) is 21.6 Å². The first-order valence-corrected chi connectivity index (χ1v) is 24.7. The highest BCUT2D eigenvalue weighted by Crippen LogP contribution is 2.24. The standard InChI is InChI=1S/C39H76N20O8S2/c40-24(19-68-69-20-25(41)34(66)67)28(60)17-22(7-2-12-54-36(45)46)32(64)59-27(10-5-15-57-39(51)52)30(62)18-23(8-3-13-55-37(47)48)33(65)58-26(9-4-14-56-38(49)50)29(61)16-21(31(42)63)6-1-11-53-35(43)44/h21-27H,1-20,40-41H2,(H2,42,63)(H,58,65)(H,59,64)(H,66,67)(H4,43,44,53)(H4,45,46,54)(H4,47,48,55)(H4,49,50,56)(H4,51,52,57)/t21-,22-,23-,24?,25?,26?,27?/m1/s1. The molecule has 392 valence electrons. The first-order chi connectivity index (χ1) is 32.4. The number of carbonyl (C=O) groups excluding carboxylic acids is 6. The number of Topliss-reactive ketones (excluding diaryl/α,β-unsaturated/α-hetero) is 3. The number of ketones is 3. The number of guanidine groups is 5. The number of aliphatic carboxylic acids is 1. The number of carbonyl (C=O) groups is 7. The van der Waals surface area contributed by atoms with Crippen LogP contribution in [0.15, 0.2) is 25.0 Å². The van der Waals surface area contributed by atoms with E-state index in [-0.39, 0.29) is 145 Å². The number of primary amides is 1. The molecule has 29 N–H and O–H groups in total. The van der Waals surface area contributed by atoms with Gasteiger partial charge in [0.2, 0.25) is 17.7 Å². The Morgan fingerprint density at radius 1 is 0.420 bits per heavy atom. The number of rotatable bonds is 40. The summed E-state index contributed by atoms with van der Waals surface area (Å²) in [5, 5.41) is 14.6. The molecule has 0 bridgehead atoms. The Hall–Kier alpha value is -6.14. The number of nitrogens with two attached hydrogens (primary N) is 13. The highest BCUT2D eigenvalue weighted by atomic mass is 33.1. The van der Waals surface area contributed by atoms with Crippen molar-refractivity contribution in [3.8, 4) is 0 Å². The Balaban J connectivity index is 6.76. The number of aliphatic imine (C=N–C) groups is 5. The third-order valence-electron chi connectivity index (χ3n) is 10.1. The van der Waals surface area contributed by atoms with Gasteiger partial charge in [0.1, 0.15) is 6.04 Å². The van der Waals surface area contributed by atoms with Crippen LogP contribution in [0.3, 0.4) is 0 Å². The molecule has 0 aromatic heterocycles. The molecule has 0 rings (SSSR count). The Kier molecular flexibility index (Phi) is 32.7. The van der Waals surface area contributed by atoms with Crippen LogP contribution in [0.1, 0.15) is 83.5 Å². The van der Waals surface area contributed by atoms with E-state index in [2.05, 4.69) is 35.6 Å². The zero-order valence-electron chi connectivity index (χ0n) is 39.0. The maximum Gasteiger partial charge on any atom is 0.321 e. The first-order valence-electron chi connectivity index (χ1n) is 22.2. The van der Waals surface area contributed by atoms with Crippen LogP contribution in [-0.4, -0.2) is 144 Å². The van der Waals surface area contributed by atoms with E-state index in [1.54, 1.807) is 0 Å². The van der Waals surface area contributed by atoms with Crippen molar-refractivity contribution >= 4 is 92.4 Å². The lowest BCUT2D eigenvalue weighted by atomic mass is 9.89. The second-order valence-corrected chi connectivity index (χ2v) is 18.5. The molecule has 28 nitrogen and oxygen atoms in total. The predicted molar refractivity (Wildman–Crippen MR) is 270 cm³/mol. The number of nitrogens with zero attached hydrogens (tertiary/aromatic N) is 5.